The standard InChI is InChI=1S/C12H14FN3OS.C7H8OS/c1-12(4-5-18-11(14)16-12)9-6-8(15-7-17)2-3-10(9)13;1-5-3-4-7(9-5)6(2)8/h2-3,6-7H,4-5H2,1H3,(H2,14,16)(H,15,17);3-4H,1-2H3/t12-;/m0./s1. The lowest BCUT2D eigenvalue weighted by Crippen LogP contribution is -2.29. The van der Waals surface area contributed by atoms with Crippen molar-refractivity contribution in [2.75, 3.05) is 11.1 Å². The monoisotopic (exact) mass is 407 g/mol. The molecule has 1 aliphatic heterocycles. The number of benzene rings is 1. The van der Waals surface area contributed by atoms with Crippen molar-refractivity contribution in [2.45, 2.75) is 32.7 Å². The van der Waals surface area contributed by atoms with E-state index in [0.29, 0.717) is 29.2 Å². The van der Waals surface area contributed by atoms with Crippen LogP contribution in [0, 0.1) is 12.7 Å². The number of amides is 1. The molecule has 2 heterocycles. The number of halogens is 1. The summed E-state index contributed by atoms with van der Waals surface area (Å²) in [6, 6.07) is 8.28. The second-order valence-corrected chi connectivity index (χ2v) is 8.65. The van der Waals surface area contributed by atoms with Crippen LogP contribution < -0.4 is 11.1 Å². The zero-order valence-corrected chi connectivity index (χ0v) is 17.0. The third kappa shape index (κ3) is 5.64. The van der Waals surface area contributed by atoms with Gasteiger partial charge in [-0.05, 0) is 57.5 Å². The molecule has 144 valence electrons. The van der Waals surface area contributed by atoms with Crippen LogP contribution in [0.5, 0.6) is 0 Å². The fourth-order valence-corrected chi connectivity index (χ4v) is 4.34. The van der Waals surface area contributed by atoms with Crippen molar-refractivity contribution in [1.82, 2.24) is 0 Å². The number of rotatable bonds is 4. The number of anilines is 1. The van der Waals surface area contributed by atoms with Crippen molar-refractivity contribution in [2.24, 2.45) is 10.7 Å². The lowest BCUT2D eigenvalue weighted by atomic mass is 9.89. The molecule has 3 N–H and O–H groups in total. The first-order valence-corrected chi connectivity index (χ1v) is 10.1. The SMILES string of the molecule is CC(=O)c1ccc(C)s1.C[C@@]1(c2cc(NC=O)ccc2F)CCSC(N)=N1. The summed E-state index contributed by atoms with van der Waals surface area (Å²) in [5.41, 5.74) is 6.05. The summed E-state index contributed by atoms with van der Waals surface area (Å²) in [5, 5.41) is 2.98. The topological polar surface area (TPSA) is 84.5 Å². The van der Waals surface area contributed by atoms with Gasteiger partial charge in [0.2, 0.25) is 6.41 Å². The first-order valence-electron chi connectivity index (χ1n) is 8.31. The van der Waals surface area contributed by atoms with E-state index in [2.05, 4.69) is 10.3 Å². The summed E-state index contributed by atoms with van der Waals surface area (Å²) in [6.45, 7) is 5.44. The number of thioether (sulfide) groups is 1. The Morgan fingerprint density at radius 3 is 2.63 bits per heavy atom. The number of thiophene rings is 1. The number of amidine groups is 1. The maximum absolute atomic E-state index is 13.9. The highest BCUT2D eigenvalue weighted by Crippen LogP contribution is 2.37. The minimum absolute atomic E-state index is 0.160. The van der Waals surface area contributed by atoms with Gasteiger partial charge in [-0.15, -0.1) is 11.3 Å². The third-order valence-corrected chi connectivity index (χ3v) is 5.95. The molecule has 8 heteroatoms. The molecule has 0 saturated carbocycles. The fraction of sp³-hybridized carbons (Fsp3) is 0.316. The summed E-state index contributed by atoms with van der Waals surface area (Å²) in [6.07, 6.45) is 1.27. The lowest BCUT2D eigenvalue weighted by Gasteiger charge is -2.30. The van der Waals surface area contributed by atoms with E-state index in [4.69, 9.17) is 5.73 Å². The van der Waals surface area contributed by atoms with Gasteiger partial charge >= 0.3 is 0 Å². The third-order valence-electron chi connectivity index (χ3n) is 4.06. The Hall–Kier alpha value is -2.19. The Kier molecular flexibility index (Phi) is 7.15. The van der Waals surface area contributed by atoms with Crippen molar-refractivity contribution >= 4 is 46.1 Å². The van der Waals surface area contributed by atoms with E-state index in [1.54, 1.807) is 24.3 Å². The van der Waals surface area contributed by atoms with Gasteiger partial charge in [0.1, 0.15) is 5.82 Å². The number of carbonyl (C=O) groups is 2. The van der Waals surface area contributed by atoms with E-state index >= 15 is 0 Å². The van der Waals surface area contributed by atoms with Crippen LogP contribution in [0.4, 0.5) is 10.1 Å². The molecule has 1 amide bonds. The normalized spacial score (nSPS) is 18.7. The van der Waals surface area contributed by atoms with E-state index < -0.39 is 5.54 Å². The van der Waals surface area contributed by atoms with Gasteiger partial charge in [0, 0.05) is 21.9 Å². The Bertz CT molecular complexity index is 866. The number of nitrogens with one attached hydrogen (secondary N) is 1. The second kappa shape index (κ2) is 9.14. The summed E-state index contributed by atoms with van der Waals surface area (Å²) < 4.78 is 13.9. The molecule has 3 rings (SSSR count). The van der Waals surface area contributed by atoms with Gasteiger partial charge in [-0.3, -0.25) is 14.6 Å². The quantitative estimate of drug-likeness (QED) is 0.584. The molecular weight excluding hydrogens is 385 g/mol. The molecule has 1 aromatic heterocycles. The number of aryl methyl sites for hydroxylation is 1. The molecule has 0 aliphatic carbocycles. The number of hydrogen-bond acceptors (Lipinski definition) is 6. The lowest BCUT2D eigenvalue weighted by molar-refractivity contribution is -0.105. The number of hydrogen-bond donors (Lipinski definition) is 2. The zero-order valence-electron chi connectivity index (χ0n) is 15.4. The molecule has 1 aliphatic rings. The Labute approximate surface area is 166 Å². The van der Waals surface area contributed by atoms with Gasteiger partial charge in [-0.25, -0.2) is 4.39 Å². The highest BCUT2D eigenvalue weighted by molar-refractivity contribution is 8.13. The first-order chi connectivity index (χ1) is 12.7. The number of aliphatic imine (C=N–C) groups is 1. The molecule has 0 radical (unpaired) electrons. The molecule has 1 atom stereocenters. The van der Waals surface area contributed by atoms with Gasteiger partial charge in [-0.1, -0.05) is 11.8 Å². The van der Waals surface area contributed by atoms with Crippen LogP contribution in [0.25, 0.3) is 0 Å². The van der Waals surface area contributed by atoms with E-state index in [-0.39, 0.29) is 11.6 Å². The van der Waals surface area contributed by atoms with Crippen LogP contribution in [0.15, 0.2) is 35.3 Å². The number of ketones is 1. The fourth-order valence-electron chi connectivity index (χ4n) is 2.60. The molecule has 5 nitrogen and oxygen atoms in total. The van der Waals surface area contributed by atoms with Crippen molar-refractivity contribution in [3.05, 3.63) is 51.5 Å². The minimum Gasteiger partial charge on any atom is -0.379 e. The second-order valence-electron chi connectivity index (χ2n) is 6.25. The van der Waals surface area contributed by atoms with Crippen molar-refractivity contribution in [1.29, 1.82) is 0 Å². The summed E-state index contributed by atoms with van der Waals surface area (Å²) in [7, 11) is 0. The number of carbonyl (C=O) groups excluding carboxylic acids is 2. The molecular formula is C19H22FN3O2S2. The van der Waals surface area contributed by atoms with Crippen LogP contribution in [0.3, 0.4) is 0 Å². The Balaban J connectivity index is 0.000000244. The molecule has 1 aromatic carbocycles. The predicted octanol–water partition coefficient (Wildman–Crippen LogP) is 4.32. The minimum atomic E-state index is -0.667. The number of Topliss-reactive ketones (excluding diaryl/α,β-unsaturated/α-hetero) is 1. The first kappa shape index (κ1) is 21.1. The average Bonchev–Trinajstić information content (AvgIpc) is 3.04. The molecule has 0 fully saturated rings. The molecule has 0 spiro atoms. The van der Waals surface area contributed by atoms with Gasteiger partial charge in [0.15, 0.2) is 11.0 Å². The van der Waals surface area contributed by atoms with Crippen LogP contribution in [-0.4, -0.2) is 23.1 Å². The van der Waals surface area contributed by atoms with Crippen LogP contribution >= 0.6 is 23.1 Å². The molecule has 0 bridgehead atoms. The van der Waals surface area contributed by atoms with E-state index in [9.17, 15) is 14.0 Å². The Morgan fingerprint density at radius 1 is 1.37 bits per heavy atom. The summed E-state index contributed by atoms with van der Waals surface area (Å²) in [5.74, 6) is 0.627. The van der Waals surface area contributed by atoms with Crippen molar-refractivity contribution < 1.29 is 14.0 Å². The summed E-state index contributed by atoms with van der Waals surface area (Å²) in [4.78, 5) is 27.5. The smallest absolute Gasteiger partial charge is 0.211 e. The van der Waals surface area contributed by atoms with Crippen molar-refractivity contribution in [3.63, 3.8) is 0 Å². The molecule has 0 saturated heterocycles. The van der Waals surface area contributed by atoms with Crippen LogP contribution in [-0.2, 0) is 10.3 Å². The predicted molar refractivity (Wildman–Crippen MR) is 111 cm³/mol. The van der Waals surface area contributed by atoms with Crippen LogP contribution in [0.1, 0.15) is 40.4 Å². The maximum atomic E-state index is 13.9. The number of nitrogens with two attached hydrogens (primary N) is 1. The van der Waals surface area contributed by atoms with Gasteiger partial charge in [0.05, 0.1) is 10.4 Å². The van der Waals surface area contributed by atoms with Crippen LogP contribution in [0.2, 0.25) is 0 Å². The zero-order chi connectivity index (χ0) is 20.0. The van der Waals surface area contributed by atoms with Gasteiger partial charge < -0.3 is 11.1 Å². The number of nitrogens with zero attached hydrogens (tertiary/aromatic N) is 1. The molecule has 0 unspecified atom stereocenters. The van der Waals surface area contributed by atoms with E-state index in [1.807, 2.05) is 26.0 Å². The highest BCUT2D eigenvalue weighted by Gasteiger charge is 2.32. The maximum Gasteiger partial charge on any atom is 0.211 e. The van der Waals surface area contributed by atoms with E-state index in [0.717, 1.165) is 10.6 Å². The van der Waals surface area contributed by atoms with Crippen molar-refractivity contribution in [3.8, 4) is 0 Å². The summed E-state index contributed by atoms with van der Waals surface area (Å²) >= 11 is 3.02. The molecule has 27 heavy (non-hydrogen) atoms. The van der Waals surface area contributed by atoms with Gasteiger partial charge in [-0.2, -0.15) is 0 Å². The largest absolute Gasteiger partial charge is 0.379 e. The van der Waals surface area contributed by atoms with Gasteiger partial charge in [0.25, 0.3) is 0 Å². The Morgan fingerprint density at radius 2 is 2.11 bits per heavy atom. The molecule has 2 aromatic rings. The highest BCUT2D eigenvalue weighted by atomic mass is 32.2. The average molecular weight is 408 g/mol. The van der Waals surface area contributed by atoms with E-state index in [1.165, 1.54) is 28.8 Å².